The Balaban J connectivity index is 1.89. The van der Waals surface area contributed by atoms with Gasteiger partial charge in [0, 0.05) is 25.2 Å². The fourth-order valence-corrected chi connectivity index (χ4v) is 6.25. The molecule has 0 bridgehead atoms. The third-order valence-corrected chi connectivity index (χ3v) is 8.03. The average molecular weight is 358 g/mol. The van der Waals surface area contributed by atoms with Gasteiger partial charge >= 0.3 is 0 Å². The molecule has 7 nitrogen and oxygen atoms in total. The molecule has 9 heteroatoms. The van der Waals surface area contributed by atoms with Crippen LogP contribution in [0.5, 0.6) is 0 Å². The number of benzene rings is 1. The maximum atomic E-state index is 12.7. The van der Waals surface area contributed by atoms with Gasteiger partial charge in [0.25, 0.3) is 0 Å². The lowest BCUT2D eigenvalue weighted by Crippen LogP contribution is -2.37. The van der Waals surface area contributed by atoms with Gasteiger partial charge in [-0.25, -0.2) is 16.8 Å². The molecule has 1 aromatic carbocycles. The molecule has 1 aromatic rings. The van der Waals surface area contributed by atoms with Crippen molar-refractivity contribution in [3.05, 3.63) is 23.8 Å². The van der Waals surface area contributed by atoms with Gasteiger partial charge in [-0.3, -0.25) is 4.79 Å². The number of nitrogens with zero attached hydrogens (tertiary/aromatic N) is 1. The zero-order chi connectivity index (χ0) is 16.8. The van der Waals surface area contributed by atoms with Crippen LogP contribution in [0.2, 0.25) is 0 Å². The van der Waals surface area contributed by atoms with Gasteiger partial charge in [0.1, 0.15) is 0 Å². The molecule has 1 atom stereocenters. The summed E-state index contributed by atoms with van der Waals surface area (Å²) in [6.07, 6.45) is 1.14. The monoisotopic (exact) mass is 358 g/mol. The van der Waals surface area contributed by atoms with Crippen LogP contribution in [0.15, 0.2) is 23.1 Å². The molecule has 23 heavy (non-hydrogen) atoms. The van der Waals surface area contributed by atoms with Crippen LogP contribution in [0.4, 0.5) is 5.69 Å². The summed E-state index contributed by atoms with van der Waals surface area (Å²) in [7, 11) is -5.50. The van der Waals surface area contributed by atoms with Gasteiger partial charge in [-0.15, -0.1) is 0 Å². The van der Waals surface area contributed by atoms with Gasteiger partial charge in [0.05, 0.1) is 16.4 Å². The fraction of sp³-hybridized carbons (Fsp3) is 0.500. The smallest absolute Gasteiger partial charge is 0.243 e. The highest BCUT2D eigenvalue weighted by atomic mass is 32.2. The number of hydrogen-bond acceptors (Lipinski definition) is 5. The first-order chi connectivity index (χ1) is 10.7. The molecule has 1 saturated heterocycles. The molecule has 2 heterocycles. The molecule has 0 radical (unpaired) electrons. The van der Waals surface area contributed by atoms with E-state index in [1.165, 1.54) is 13.1 Å². The Morgan fingerprint density at radius 3 is 2.65 bits per heavy atom. The highest BCUT2D eigenvalue weighted by Crippen LogP contribution is 2.28. The predicted octanol–water partition coefficient (Wildman–Crippen LogP) is 0.379. The van der Waals surface area contributed by atoms with Gasteiger partial charge < -0.3 is 5.32 Å². The van der Waals surface area contributed by atoms with Crippen molar-refractivity contribution >= 4 is 31.5 Å². The van der Waals surface area contributed by atoms with Crippen molar-refractivity contribution in [3.63, 3.8) is 0 Å². The van der Waals surface area contributed by atoms with E-state index in [2.05, 4.69) is 5.32 Å². The number of amides is 1. The molecule has 0 unspecified atom stereocenters. The van der Waals surface area contributed by atoms with E-state index in [1.54, 1.807) is 12.1 Å². The Kier molecular flexibility index (Phi) is 3.97. The normalized spacial score (nSPS) is 23.6. The quantitative estimate of drug-likeness (QED) is 0.842. The van der Waals surface area contributed by atoms with Crippen molar-refractivity contribution in [1.82, 2.24) is 4.31 Å². The van der Waals surface area contributed by atoms with E-state index in [1.807, 2.05) is 0 Å². The molecule has 0 saturated carbocycles. The molecule has 2 aliphatic heterocycles. The number of aryl methyl sites for hydroxylation is 1. The van der Waals surface area contributed by atoms with Crippen molar-refractivity contribution in [3.8, 4) is 0 Å². The second-order valence-electron chi connectivity index (χ2n) is 5.95. The van der Waals surface area contributed by atoms with Crippen LogP contribution in [0, 0.1) is 0 Å². The zero-order valence-corrected chi connectivity index (χ0v) is 14.3. The number of fused-ring (bicyclic) bond motifs is 1. The van der Waals surface area contributed by atoms with Gasteiger partial charge in [0.15, 0.2) is 9.84 Å². The van der Waals surface area contributed by atoms with E-state index in [0.29, 0.717) is 24.9 Å². The summed E-state index contributed by atoms with van der Waals surface area (Å²) < 4.78 is 49.7. The maximum absolute atomic E-state index is 12.7. The number of anilines is 1. The van der Waals surface area contributed by atoms with Crippen LogP contribution in [0.25, 0.3) is 0 Å². The lowest BCUT2D eigenvalue weighted by Gasteiger charge is -2.24. The Bertz CT molecular complexity index is 861. The molecular formula is C14H18N2O5S2. The molecule has 1 N–H and O–H groups in total. The van der Waals surface area contributed by atoms with E-state index in [9.17, 15) is 21.6 Å². The number of rotatable bonds is 3. The molecule has 2 aliphatic rings. The molecule has 0 aromatic heterocycles. The van der Waals surface area contributed by atoms with E-state index in [4.69, 9.17) is 0 Å². The molecule has 0 spiro atoms. The molecule has 126 valence electrons. The fourth-order valence-electron chi connectivity index (χ4n) is 2.94. The first-order valence-corrected chi connectivity index (χ1v) is 10.6. The third kappa shape index (κ3) is 3.13. The molecule has 1 amide bonds. The Labute approximate surface area is 135 Å². The van der Waals surface area contributed by atoms with Crippen LogP contribution in [0.1, 0.15) is 18.4 Å². The molecule has 0 aliphatic carbocycles. The standard InChI is InChI=1S/C14H18N2O5S2/c1-16(11-6-7-22(18,19)9-11)23(20,21)12-3-4-13-10(8-12)2-5-14(17)15-13/h3-4,8,11H,2,5-7,9H2,1H3,(H,15,17)/t11-/m1/s1. The third-order valence-electron chi connectivity index (χ3n) is 4.37. The zero-order valence-electron chi connectivity index (χ0n) is 12.6. The second kappa shape index (κ2) is 5.57. The van der Waals surface area contributed by atoms with Crippen LogP contribution in [0.3, 0.4) is 0 Å². The summed E-state index contributed by atoms with van der Waals surface area (Å²) in [5, 5.41) is 2.71. The predicted molar refractivity (Wildman–Crippen MR) is 85.4 cm³/mol. The number of carbonyl (C=O) groups excluding carboxylic acids is 1. The first kappa shape index (κ1) is 16.4. The van der Waals surface area contributed by atoms with Crippen molar-refractivity contribution in [1.29, 1.82) is 0 Å². The maximum Gasteiger partial charge on any atom is 0.243 e. The summed E-state index contributed by atoms with van der Waals surface area (Å²) >= 11 is 0. The first-order valence-electron chi connectivity index (χ1n) is 7.30. The Hall–Kier alpha value is -1.45. The Morgan fingerprint density at radius 1 is 1.26 bits per heavy atom. The average Bonchev–Trinajstić information content (AvgIpc) is 2.85. The van der Waals surface area contributed by atoms with Crippen molar-refractivity contribution in [2.75, 3.05) is 23.9 Å². The van der Waals surface area contributed by atoms with E-state index < -0.39 is 25.9 Å². The number of nitrogens with one attached hydrogen (secondary N) is 1. The number of carbonyl (C=O) groups is 1. The van der Waals surface area contributed by atoms with Crippen molar-refractivity contribution in [2.45, 2.75) is 30.2 Å². The minimum atomic E-state index is -3.76. The largest absolute Gasteiger partial charge is 0.326 e. The van der Waals surface area contributed by atoms with E-state index in [0.717, 1.165) is 9.87 Å². The van der Waals surface area contributed by atoms with E-state index >= 15 is 0 Å². The minimum Gasteiger partial charge on any atom is -0.326 e. The summed E-state index contributed by atoms with van der Waals surface area (Å²) in [5.74, 6) is -0.196. The van der Waals surface area contributed by atoms with Gasteiger partial charge in [0.2, 0.25) is 15.9 Å². The van der Waals surface area contributed by atoms with Gasteiger partial charge in [-0.2, -0.15) is 4.31 Å². The summed E-state index contributed by atoms with van der Waals surface area (Å²) in [6, 6.07) is 4.06. The topological polar surface area (TPSA) is 101 Å². The number of sulfonamides is 1. The van der Waals surface area contributed by atoms with Crippen LogP contribution < -0.4 is 5.32 Å². The molecule has 3 rings (SSSR count). The van der Waals surface area contributed by atoms with Crippen molar-refractivity contribution in [2.24, 2.45) is 0 Å². The number of sulfone groups is 1. The SMILES string of the molecule is CN([C@@H]1CCS(=O)(=O)C1)S(=O)(=O)c1ccc2c(c1)CCC(=O)N2. The summed E-state index contributed by atoms with van der Waals surface area (Å²) in [5.41, 5.74) is 1.41. The van der Waals surface area contributed by atoms with Crippen LogP contribution in [-0.4, -0.2) is 51.6 Å². The summed E-state index contributed by atoms with van der Waals surface area (Å²) in [6.45, 7) is 0. The highest BCUT2D eigenvalue weighted by Gasteiger charge is 2.36. The van der Waals surface area contributed by atoms with Gasteiger partial charge in [-0.1, -0.05) is 0 Å². The lowest BCUT2D eigenvalue weighted by atomic mass is 10.0. The number of hydrogen-bond donors (Lipinski definition) is 1. The van der Waals surface area contributed by atoms with Crippen LogP contribution >= 0.6 is 0 Å². The summed E-state index contributed by atoms with van der Waals surface area (Å²) in [4.78, 5) is 11.5. The Morgan fingerprint density at radius 2 is 2.00 bits per heavy atom. The van der Waals surface area contributed by atoms with Crippen molar-refractivity contribution < 1.29 is 21.6 Å². The highest BCUT2D eigenvalue weighted by molar-refractivity contribution is 7.92. The van der Waals surface area contributed by atoms with Gasteiger partial charge in [-0.05, 0) is 36.6 Å². The lowest BCUT2D eigenvalue weighted by molar-refractivity contribution is -0.116. The van der Waals surface area contributed by atoms with E-state index in [-0.39, 0.29) is 22.3 Å². The minimum absolute atomic E-state index is 0.0216. The molecular weight excluding hydrogens is 340 g/mol. The van der Waals surface area contributed by atoms with Crippen LogP contribution in [-0.2, 0) is 31.1 Å². The molecule has 1 fully saturated rings. The second-order valence-corrected chi connectivity index (χ2v) is 10.2.